The highest BCUT2D eigenvalue weighted by Crippen LogP contribution is 2.29. The van der Waals surface area contributed by atoms with Gasteiger partial charge in [0.2, 0.25) is 0 Å². The first kappa shape index (κ1) is 21.3. The molecule has 2 aromatic carbocycles. The molecule has 1 atom stereocenters. The quantitative estimate of drug-likeness (QED) is 0.597. The molecule has 1 aliphatic rings. The zero-order valence-electron chi connectivity index (χ0n) is 17.6. The van der Waals surface area contributed by atoms with E-state index in [2.05, 4.69) is 10.3 Å². The molecule has 160 valence electrons. The highest BCUT2D eigenvalue weighted by molar-refractivity contribution is 7.89. The molecule has 0 saturated carbocycles. The number of aryl methyl sites for hydroxylation is 1. The Hall–Kier alpha value is -2.94. The maximum atomic E-state index is 12.4. The van der Waals surface area contributed by atoms with Crippen LogP contribution < -0.4 is 11.1 Å². The number of benzene rings is 2. The smallest absolute Gasteiger partial charge is 0.251 e. The molecule has 2 heterocycles. The summed E-state index contributed by atoms with van der Waals surface area (Å²) < 4.78 is 14.2. The number of amides is 1. The van der Waals surface area contributed by atoms with Crippen molar-refractivity contribution in [3.05, 3.63) is 59.8 Å². The number of nitrogens with two attached hydrogens (primary N) is 1. The Morgan fingerprint density at radius 3 is 2.68 bits per heavy atom. The highest BCUT2D eigenvalue weighted by atomic mass is 32.2. The minimum absolute atomic E-state index is 0.0435. The van der Waals surface area contributed by atoms with E-state index < -0.39 is 11.4 Å². The molecule has 7 nitrogen and oxygen atoms in total. The maximum Gasteiger partial charge on any atom is 0.251 e. The maximum absolute atomic E-state index is 12.4. The number of nitrogens with zero attached hydrogens (tertiary/aromatic N) is 3. The Morgan fingerprint density at radius 2 is 1.94 bits per heavy atom. The van der Waals surface area contributed by atoms with Crippen molar-refractivity contribution in [1.29, 1.82) is 0 Å². The van der Waals surface area contributed by atoms with Crippen LogP contribution in [0.15, 0.2) is 53.6 Å². The van der Waals surface area contributed by atoms with Crippen LogP contribution in [-0.2, 0) is 17.8 Å². The van der Waals surface area contributed by atoms with Crippen molar-refractivity contribution >= 4 is 23.1 Å². The standard InChI is InChI=1S/C23H25N5O2S/c1-3-28(2)31(30)18-9-6-15(7-10-18)20-14-26-22(24)21(27-20)17-8-11-19-16(13-17)5-4-12-25-23(19)29/h6-11,13-14H,3-5,12H2,1-2H3,(H2,24,26)(H,25,29). The summed E-state index contributed by atoms with van der Waals surface area (Å²) in [5.74, 6) is 0.294. The molecule has 3 N–H and O–H groups in total. The number of rotatable bonds is 5. The van der Waals surface area contributed by atoms with Gasteiger partial charge in [-0.15, -0.1) is 4.31 Å². The van der Waals surface area contributed by atoms with E-state index in [1.807, 2.05) is 56.4 Å². The molecule has 0 radical (unpaired) electrons. The molecule has 8 heteroatoms. The summed E-state index contributed by atoms with van der Waals surface area (Å²) in [6, 6.07) is 13.1. The number of carbonyl (C=O) groups is 1. The number of hydrogen-bond donors (Lipinski definition) is 2. The van der Waals surface area contributed by atoms with Crippen LogP contribution in [-0.4, -0.2) is 44.9 Å². The van der Waals surface area contributed by atoms with Crippen molar-refractivity contribution in [3.8, 4) is 22.5 Å². The van der Waals surface area contributed by atoms with E-state index in [0.717, 1.165) is 34.4 Å². The van der Waals surface area contributed by atoms with Gasteiger partial charge in [0.25, 0.3) is 5.91 Å². The van der Waals surface area contributed by atoms with E-state index in [4.69, 9.17) is 10.7 Å². The third-order valence-corrected chi connectivity index (χ3v) is 6.91. The monoisotopic (exact) mass is 435 g/mol. The summed E-state index contributed by atoms with van der Waals surface area (Å²) >= 11 is -1.19. The minimum Gasteiger partial charge on any atom is -0.593 e. The first-order chi connectivity index (χ1) is 15.0. The van der Waals surface area contributed by atoms with Crippen LogP contribution in [0.2, 0.25) is 0 Å². The fourth-order valence-electron chi connectivity index (χ4n) is 3.53. The van der Waals surface area contributed by atoms with Crippen LogP contribution in [0.25, 0.3) is 22.5 Å². The van der Waals surface area contributed by atoms with Crippen LogP contribution in [0, 0.1) is 0 Å². The van der Waals surface area contributed by atoms with Gasteiger partial charge in [0.05, 0.1) is 23.3 Å². The third-order valence-electron chi connectivity index (χ3n) is 5.41. The van der Waals surface area contributed by atoms with Gasteiger partial charge in [0.1, 0.15) is 11.5 Å². The lowest BCUT2D eigenvalue weighted by molar-refractivity contribution is 0.0956. The molecule has 1 unspecified atom stereocenters. The van der Waals surface area contributed by atoms with Gasteiger partial charge in [-0.1, -0.05) is 6.07 Å². The minimum atomic E-state index is -1.19. The van der Waals surface area contributed by atoms with E-state index in [1.165, 1.54) is 0 Å². The lowest BCUT2D eigenvalue weighted by Crippen LogP contribution is -2.26. The van der Waals surface area contributed by atoms with Crippen molar-refractivity contribution in [2.75, 3.05) is 25.9 Å². The molecule has 31 heavy (non-hydrogen) atoms. The molecule has 0 bridgehead atoms. The molecule has 0 aliphatic carbocycles. The average molecular weight is 436 g/mol. The summed E-state index contributed by atoms with van der Waals surface area (Å²) in [4.78, 5) is 22.0. The van der Waals surface area contributed by atoms with Crippen molar-refractivity contribution in [3.63, 3.8) is 0 Å². The summed E-state index contributed by atoms with van der Waals surface area (Å²) in [5.41, 5.74) is 10.8. The largest absolute Gasteiger partial charge is 0.593 e. The average Bonchev–Trinajstić information content (AvgIpc) is 2.99. The van der Waals surface area contributed by atoms with Crippen molar-refractivity contribution in [2.45, 2.75) is 24.7 Å². The topological polar surface area (TPSA) is 107 Å². The first-order valence-corrected chi connectivity index (χ1v) is 11.4. The van der Waals surface area contributed by atoms with Gasteiger partial charge in [0, 0.05) is 36.8 Å². The first-order valence-electron chi connectivity index (χ1n) is 10.3. The molecule has 0 saturated heterocycles. The van der Waals surface area contributed by atoms with Gasteiger partial charge >= 0.3 is 0 Å². The molecule has 3 aromatic rings. The summed E-state index contributed by atoms with van der Waals surface area (Å²) in [7, 11) is 1.83. The second kappa shape index (κ2) is 9.05. The zero-order chi connectivity index (χ0) is 22.0. The van der Waals surface area contributed by atoms with E-state index >= 15 is 0 Å². The molecule has 1 aromatic heterocycles. The predicted octanol–water partition coefficient (Wildman–Crippen LogP) is 3.04. The van der Waals surface area contributed by atoms with Crippen molar-refractivity contribution < 1.29 is 9.35 Å². The number of nitrogen functional groups attached to an aromatic ring is 1. The predicted molar refractivity (Wildman–Crippen MR) is 123 cm³/mol. The summed E-state index contributed by atoms with van der Waals surface area (Å²) in [5, 5.41) is 2.91. The lowest BCUT2D eigenvalue weighted by Gasteiger charge is -2.18. The van der Waals surface area contributed by atoms with Crippen LogP contribution in [0.1, 0.15) is 29.3 Å². The van der Waals surface area contributed by atoms with Gasteiger partial charge in [-0.3, -0.25) is 4.79 Å². The van der Waals surface area contributed by atoms with Gasteiger partial charge in [-0.2, -0.15) is 0 Å². The number of anilines is 1. The van der Waals surface area contributed by atoms with Gasteiger partial charge in [-0.25, -0.2) is 9.97 Å². The third kappa shape index (κ3) is 4.41. The fraction of sp³-hybridized carbons (Fsp3) is 0.261. The Kier molecular flexibility index (Phi) is 6.22. The molecule has 0 spiro atoms. The summed E-state index contributed by atoms with van der Waals surface area (Å²) in [6.45, 7) is 3.34. The fourth-order valence-corrected chi connectivity index (χ4v) is 4.50. The Balaban J connectivity index is 1.67. The van der Waals surface area contributed by atoms with E-state index in [0.29, 0.717) is 35.9 Å². The number of aromatic nitrogens is 2. The Morgan fingerprint density at radius 1 is 1.19 bits per heavy atom. The van der Waals surface area contributed by atoms with Crippen LogP contribution >= 0.6 is 0 Å². The molecular weight excluding hydrogens is 410 g/mol. The normalized spacial score (nSPS) is 14.6. The molecule has 1 amide bonds. The number of nitrogens with one attached hydrogen (secondary N) is 1. The Labute approximate surface area is 185 Å². The number of fused-ring (bicyclic) bond motifs is 1. The van der Waals surface area contributed by atoms with Crippen LogP contribution in [0.4, 0.5) is 5.82 Å². The molecule has 0 fully saturated rings. The number of carbonyl (C=O) groups excluding carboxylic acids is 1. The second-order valence-electron chi connectivity index (χ2n) is 7.44. The second-order valence-corrected chi connectivity index (χ2v) is 9.03. The Bertz CT molecular complexity index is 1100. The van der Waals surface area contributed by atoms with E-state index in [-0.39, 0.29) is 5.91 Å². The van der Waals surface area contributed by atoms with Gasteiger partial charge in [0.15, 0.2) is 4.90 Å². The van der Waals surface area contributed by atoms with Crippen LogP contribution in [0.3, 0.4) is 0 Å². The SMILES string of the molecule is CCN(C)[S+]([O-])c1ccc(-c2cnc(N)c(-c3ccc4c(c3)CCCNC4=O)n2)cc1. The van der Waals surface area contributed by atoms with Gasteiger partial charge in [-0.05, 0) is 61.7 Å². The van der Waals surface area contributed by atoms with Crippen molar-refractivity contribution in [2.24, 2.45) is 0 Å². The molecule has 1 aliphatic heterocycles. The van der Waals surface area contributed by atoms with Gasteiger partial charge < -0.3 is 15.6 Å². The molecular formula is C23H25N5O2S. The molecule has 4 rings (SSSR count). The lowest BCUT2D eigenvalue weighted by atomic mass is 9.99. The summed E-state index contributed by atoms with van der Waals surface area (Å²) in [6.07, 6.45) is 3.35. The van der Waals surface area contributed by atoms with Crippen LogP contribution in [0.5, 0.6) is 0 Å². The van der Waals surface area contributed by atoms with Crippen molar-refractivity contribution in [1.82, 2.24) is 19.6 Å². The highest BCUT2D eigenvalue weighted by Gasteiger charge is 2.19. The number of hydrogen-bond acceptors (Lipinski definition) is 6. The van der Waals surface area contributed by atoms with E-state index in [9.17, 15) is 9.35 Å². The van der Waals surface area contributed by atoms with E-state index in [1.54, 1.807) is 10.5 Å². The zero-order valence-corrected chi connectivity index (χ0v) is 18.4.